The zero-order valence-corrected chi connectivity index (χ0v) is 15.4. The maximum atomic E-state index is 11.6. The lowest BCUT2D eigenvalue weighted by molar-refractivity contribution is -0.107. The first-order chi connectivity index (χ1) is 11.7. The summed E-state index contributed by atoms with van der Waals surface area (Å²) < 4.78 is 0. The number of hydrogen-bond acceptors (Lipinski definition) is 3. The fourth-order valence-electron chi connectivity index (χ4n) is 3.40. The highest BCUT2D eigenvalue weighted by atomic mass is 16.3. The van der Waals surface area contributed by atoms with Gasteiger partial charge in [0.1, 0.15) is 6.29 Å². The Labute approximate surface area is 151 Å². The van der Waals surface area contributed by atoms with Crippen molar-refractivity contribution in [3.8, 4) is 0 Å². The van der Waals surface area contributed by atoms with Gasteiger partial charge in [0.25, 0.3) is 0 Å². The number of hydrogen-bond donors (Lipinski definition) is 2. The molecule has 0 aromatic heterocycles. The molecule has 0 aromatic rings. The summed E-state index contributed by atoms with van der Waals surface area (Å²) in [6.45, 7) is 8.80. The molecule has 1 rings (SSSR count). The molecule has 0 saturated heterocycles. The number of carbonyl (C=O) groups excluding carboxylic acids is 1. The molecule has 3 nitrogen and oxygen atoms in total. The quantitative estimate of drug-likeness (QED) is 0.397. The second kappa shape index (κ2) is 9.50. The molecule has 0 spiro atoms. The molecule has 0 aliphatic heterocycles. The van der Waals surface area contributed by atoms with Gasteiger partial charge in [-0.25, -0.2) is 0 Å². The first-order valence-corrected chi connectivity index (χ1v) is 8.63. The van der Waals surface area contributed by atoms with Crippen molar-refractivity contribution in [3.63, 3.8) is 0 Å². The smallest absolute Gasteiger partial charge is 0.146 e. The van der Waals surface area contributed by atoms with Gasteiger partial charge in [-0.1, -0.05) is 67.3 Å². The molecule has 0 aromatic carbocycles. The molecule has 0 radical (unpaired) electrons. The van der Waals surface area contributed by atoms with E-state index in [1.807, 2.05) is 42.5 Å². The van der Waals surface area contributed by atoms with Gasteiger partial charge in [0, 0.05) is 5.92 Å². The van der Waals surface area contributed by atoms with Crippen LogP contribution in [0.5, 0.6) is 0 Å². The molecule has 1 saturated carbocycles. The largest absolute Gasteiger partial charge is 0.390 e. The van der Waals surface area contributed by atoms with Crippen LogP contribution in [0.3, 0.4) is 0 Å². The summed E-state index contributed by atoms with van der Waals surface area (Å²) in [5.74, 6) is -0.523. The van der Waals surface area contributed by atoms with E-state index in [-0.39, 0.29) is 11.8 Å². The number of aliphatic hydroxyl groups is 2. The van der Waals surface area contributed by atoms with Crippen molar-refractivity contribution in [2.45, 2.75) is 44.8 Å². The molecule has 3 atom stereocenters. The molecule has 25 heavy (non-hydrogen) atoms. The third-order valence-electron chi connectivity index (χ3n) is 4.64. The molecule has 1 aliphatic carbocycles. The number of allylic oxidation sites excluding steroid dienone is 10. The van der Waals surface area contributed by atoms with Gasteiger partial charge in [0.05, 0.1) is 11.2 Å². The molecule has 1 aliphatic rings. The van der Waals surface area contributed by atoms with Crippen molar-refractivity contribution in [2.24, 2.45) is 11.8 Å². The Bertz CT molecular complexity index is 595. The van der Waals surface area contributed by atoms with Gasteiger partial charge in [-0.05, 0) is 45.1 Å². The summed E-state index contributed by atoms with van der Waals surface area (Å²) in [5.41, 5.74) is -1.41. The Balaban J connectivity index is 2.86. The molecule has 3 unspecified atom stereocenters. The van der Waals surface area contributed by atoms with E-state index in [9.17, 15) is 15.0 Å². The molecular weight excluding hydrogens is 312 g/mol. The third kappa shape index (κ3) is 6.45. The topological polar surface area (TPSA) is 57.5 Å². The molecule has 2 N–H and O–H groups in total. The minimum Gasteiger partial charge on any atom is -0.390 e. The van der Waals surface area contributed by atoms with E-state index in [0.29, 0.717) is 18.4 Å². The van der Waals surface area contributed by atoms with Crippen molar-refractivity contribution in [3.05, 3.63) is 72.9 Å². The summed E-state index contributed by atoms with van der Waals surface area (Å²) in [6, 6.07) is 0. The zero-order chi connectivity index (χ0) is 18.9. The molecular formula is C22H30O3. The van der Waals surface area contributed by atoms with E-state index in [2.05, 4.69) is 6.58 Å². The lowest BCUT2D eigenvalue weighted by Gasteiger charge is -2.35. The Morgan fingerprint density at radius 1 is 1.08 bits per heavy atom. The van der Waals surface area contributed by atoms with Crippen molar-refractivity contribution in [1.29, 1.82) is 0 Å². The van der Waals surface area contributed by atoms with Crippen LogP contribution in [0, 0.1) is 11.8 Å². The van der Waals surface area contributed by atoms with E-state index in [0.717, 1.165) is 6.29 Å². The molecule has 0 heterocycles. The van der Waals surface area contributed by atoms with E-state index in [1.54, 1.807) is 39.0 Å². The van der Waals surface area contributed by atoms with E-state index in [4.69, 9.17) is 0 Å². The van der Waals surface area contributed by atoms with Gasteiger partial charge in [0.2, 0.25) is 0 Å². The third-order valence-corrected chi connectivity index (χ3v) is 4.64. The first kappa shape index (κ1) is 21.1. The predicted molar refractivity (Wildman–Crippen MR) is 104 cm³/mol. The Morgan fingerprint density at radius 3 is 2.08 bits per heavy atom. The second-order valence-electron chi connectivity index (χ2n) is 7.19. The van der Waals surface area contributed by atoms with Crippen LogP contribution in [0.1, 0.15) is 33.6 Å². The number of aldehydes is 1. The monoisotopic (exact) mass is 342 g/mol. The van der Waals surface area contributed by atoms with Crippen molar-refractivity contribution in [2.75, 3.05) is 0 Å². The Morgan fingerprint density at radius 2 is 1.60 bits per heavy atom. The lowest BCUT2D eigenvalue weighted by atomic mass is 9.74. The minimum absolute atomic E-state index is 0.150. The van der Waals surface area contributed by atoms with Crippen LogP contribution in [0.4, 0.5) is 0 Å². The van der Waals surface area contributed by atoms with Crippen molar-refractivity contribution >= 4 is 6.29 Å². The average molecular weight is 342 g/mol. The standard InChI is InChI=1S/C22H30O3/c1-5-6-7-8-9-10-11-12-13-14-18(17-23)20-19(21(2,3)24)15-16-22(20,4)25/h5-14,17,19-20,24-25H,1,15-16H2,2-4H3. The maximum absolute atomic E-state index is 11.6. The second-order valence-corrected chi connectivity index (χ2v) is 7.19. The van der Waals surface area contributed by atoms with Crippen LogP contribution >= 0.6 is 0 Å². The predicted octanol–water partition coefficient (Wildman–Crippen LogP) is 4.07. The Kier molecular flexibility index (Phi) is 8.01. The van der Waals surface area contributed by atoms with Gasteiger partial charge >= 0.3 is 0 Å². The first-order valence-electron chi connectivity index (χ1n) is 8.63. The highest BCUT2D eigenvalue weighted by molar-refractivity contribution is 5.75. The fourth-order valence-corrected chi connectivity index (χ4v) is 3.40. The Hall–Kier alpha value is -1.97. The molecule has 136 valence electrons. The molecule has 0 bridgehead atoms. The highest BCUT2D eigenvalue weighted by Crippen LogP contribution is 2.48. The highest BCUT2D eigenvalue weighted by Gasteiger charge is 2.50. The van der Waals surface area contributed by atoms with E-state index < -0.39 is 11.2 Å². The summed E-state index contributed by atoms with van der Waals surface area (Å²) in [4.78, 5) is 11.6. The fraction of sp³-hybridized carbons (Fsp3) is 0.409. The summed E-state index contributed by atoms with van der Waals surface area (Å²) in [6.07, 6.45) is 20.3. The van der Waals surface area contributed by atoms with Crippen LogP contribution in [-0.2, 0) is 4.79 Å². The SMILES string of the molecule is C=CC=CC=CC=CC=CC=C(C=O)C1C(C(C)(C)O)CCC1(C)O. The van der Waals surface area contributed by atoms with Gasteiger partial charge in [-0.2, -0.15) is 0 Å². The number of carbonyl (C=O) groups is 1. The van der Waals surface area contributed by atoms with Crippen LogP contribution in [-0.4, -0.2) is 27.7 Å². The van der Waals surface area contributed by atoms with Gasteiger partial charge in [-0.15, -0.1) is 0 Å². The molecule has 0 amide bonds. The van der Waals surface area contributed by atoms with Crippen LogP contribution in [0.25, 0.3) is 0 Å². The van der Waals surface area contributed by atoms with Gasteiger partial charge < -0.3 is 10.2 Å². The summed E-state index contributed by atoms with van der Waals surface area (Å²) in [7, 11) is 0. The van der Waals surface area contributed by atoms with E-state index >= 15 is 0 Å². The minimum atomic E-state index is -0.985. The molecule has 3 heteroatoms. The summed E-state index contributed by atoms with van der Waals surface area (Å²) in [5, 5.41) is 21.1. The van der Waals surface area contributed by atoms with Gasteiger partial charge in [-0.3, -0.25) is 4.79 Å². The van der Waals surface area contributed by atoms with Crippen LogP contribution < -0.4 is 0 Å². The van der Waals surface area contributed by atoms with Crippen LogP contribution in [0.15, 0.2) is 72.9 Å². The zero-order valence-electron chi connectivity index (χ0n) is 15.4. The number of rotatable bonds is 8. The normalized spacial score (nSPS) is 28.8. The maximum Gasteiger partial charge on any atom is 0.146 e. The van der Waals surface area contributed by atoms with Gasteiger partial charge in [0.15, 0.2) is 0 Å². The average Bonchev–Trinajstić information content (AvgIpc) is 2.85. The van der Waals surface area contributed by atoms with Crippen molar-refractivity contribution in [1.82, 2.24) is 0 Å². The lowest BCUT2D eigenvalue weighted by Crippen LogP contribution is -2.41. The molecule has 1 fully saturated rings. The van der Waals surface area contributed by atoms with E-state index in [1.165, 1.54) is 0 Å². The summed E-state index contributed by atoms with van der Waals surface area (Å²) >= 11 is 0. The van der Waals surface area contributed by atoms with Crippen LogP contribution in [0.2, 0.25) is 0 Å². The van der Waals surface area contributed by atoms with Crippen molar-refractivity contribution < 1.29 is 15.0 Å².